The average Bonchev–Trinajstić information content (AvgIpc) is 3.22. The van der Waals surface area contributed by atoms with E-state index in [-0.39, 0.29) is 5.91 Å². The van der Waals surface area contributed by atoms with Crippen molar-refractivity contribution < 1.29 is 9.53 Å². The summed E-state index contributed by atoms with van der Waals surface area (Å²) in [7, 11) is 0. The van der Waals surface area contributed by atoms with Crippen LogP contribution in [0.5, 0.6) is 5.75 Å². The van der Waals surface area contributed by atoms with Gasteiger partial charge in [0, 0.05) is 23.7 Å². The number of rotatable bonds is 12. The van der Waals surface area contributed by atoms with Crippen molar-refractivity contribution in [1.29, 1.82) is 0 Å². The first-order valence-electron chi connectivity index (χ1n) is 11.4. The van der Waals surface area contributed by atoms with Gasteiger partial charge in [-0.15, -0.1) is 0 Å². The van der Waals surface area contributed by atoms with Gasteiger partial charge in [0.15, 0.2) is 5.13 Å². The van der Waals surface area contributed by atoms with Gasteiger partial charge in [0.2, 0.25) is 0 Å². The van der Waals surface area contributed by atoms with Crippen molar-refractivity contribution in [1.82, 2.24) is 9.88 Å². The number of fused-ring (bicyclic) bond motifs is 1. The monoisotopic (exact) mass is 473 g/mol. The first kappa shape index (κ1) is 24.5. The summed E-state index contributed by atoms with van der Waals surface area (Å²) in [5.41, 5.74) is 1.48. The number of amides is 1. The second-order valence-electron chi connectivity index (χ2n) is 7.67. The maximum atomic E-state index is 13.5. The van der Waals surface area contributed by atoms with Crippen LogP contribution in [0, 0.1) is 0 Å². The molecule has 32 heavy (non-hydrogen) atoms. The van der Waals surface area contributed by atoms with Crippen molar-refractivity contribution in [2.75, 3.05) is 37.7 Å². The molecule has 1 aromatic heterocycles. The van der Waals surface area contributed by atoms with Gasteiger partial charge in [0.1, 0.15) is 5.75 Å². The van der Waals surface area contributed by atoms with Gasteiger partial charge >= 0.3 is 0 Å². The summed E-state index contributed by atoms with van der Waals surface area (Å²) in [5.74, 6) is 0.738. The van der Waals surface area contributed by atoms with Crippen LogP contribution in [0.15, 0.2) is 42.5 Å². The van der Waals surface area contributed by atoms with Crippen LogP contribution >= 0.6 is 22.9 Å². The molecule has 0 N–H and O–H groups in total. The molecule has 0 saturated heterocycles. The van der Waals surface area contributed by atoms with Gasteiger partial charge in [0.05, 0.1) is 16.8 Å². The van der Waals surface area contributed by atoms with Gasteiger partial charge in [-0.3, -0.25) is 9.69 Å². The number of carbonyl (C=O) groups is 1. The Morgan fingerprint density at radius 1 is 1.03 bits per heavy atom. The fourth-order valence-corrected chi connectivity index (χ4v) is 4.72. The molecule has 0 bridgehead atoms. The molecule has 0 aliphatic heterocycles. The van der Waals surface area contributed by atoms with E-state index in [4.69, 9.17) is 21.3 Å². The first-order chi connectivity index (χ1) is 15.5. The molecule has 0 saturated carbocycles. The SMILES string of the molecule is CCCCCOc1ccc(C(=O)N(CCN(CC)CC)c2nc3ccc(Cl)cc3s2)cc1. The fraction of sp³-hybridized carbons (Fsp3) is 0.440. The molecular weight excluding hydrogens is 442 g/mol. The summed E-state index contributed by atoms with van der Waals surface area (Å²) < 4.78 is 6.77. The van der Waals surface area contributed by atoms with Crippen LogP contribution in [0.1, 0.15) is 50.4 Å². The molecule has 0 aliphatic rings. The van der Waals surface area contributed by atoms with Crippen LogP contribution in [0.2, 0.25) is 5.02 Å². The molecule has 2 aromatic carbocycles. The zero-order valence-electron chi connectivity index (χ0n) is 19.1. The highest BCUT2D eigenvalue weighted by Gasteiger charge is 2.22. The molecule has 7 heteroatoms. The standard InChI is InChI=1S/C25H32ClN3O2S/c1-4-7-8-17-31-21-12-9-19(10-13-21)24(30)29(16-15-28(5-2)6-3)25-27-22-14-11-20(26)18-23(22)32-25/h9-14,18H,4-8,15-17H2,1-3H3. The Bertz CT molecular complexity index is 1000. The summed E-state index contributed by atoms with van der Waals surface area (Å²) in [6, 6.07) is 13.1. The zero-order valence-corrected chi connectivity index (χ0v) is 20.7. The maximum Gasteiger partial charge on any atom is 0.260 e. The second-order valence-corrected chi connectivity index (χ2v) is 9.12. The topological polar surface area (TPSA) is 45.7 Å². The number of benzene rings is 2. The highest BCUT2D eigenvalue weighted by molar-refractivity contribution is 7.22. The largest absolute Gasteiger partial charge is 0.494 e. The lowest BCUT2D eigenvalue weighted by atomic mass is 10.2. The van der Waals surface area contributed by atoms with Crippen LogP contribution in [-0.4, -0.2) is 48.6 Å². The van der Waals surface area contributed by atoms with Gasteiger partial charge in [-0.25, -0.2) is 4.98 Å². The predicted octanol–water partition coefficient (Wildman–Crippen LogP) is 6.51. The molecule has 5 nitrogen and oxygen atoms in total. The van der Waals surface area contributed by atoms with Crippen LogP contribution < -0.4 is 9.64 Å². The van der Waals surface area contributed by atoms with Crippen molar-refractivity contribution >= 4 is 44.2 Å². The molecule has 0 atom stereocenters. The Hall–Kier alpha value is -2.15. The number of unbranched alkanes of at least 4 members (excludes halogenated alkanes) is 2. The van der Waals surface area contributed by atoms with E-state index >= 15 is 0 Å². The fourth-order valence-electron chi connectivity index (χ4n) is 3.46. The molecule has 3 rings (SSSR count). The molecule has 172 valence electrons. The summed E-state index contributed by atoms with van der Waals surface area (Å²) >= 11 is 7.65. The number of nitrogens with zero attached hydrogens (tertiary/aromatic N) is 3. The average molecular weight is 474 g/mol. The van der Waals surface area contributed by atoms with Crippen LogP contribution in [0.25, 0.3) is 10.2 Å². The van der Waals surface area contributed by atoms with E-state index in [1.54, 1.807) is 4.90 Å². The number of ether oxygens (including phenoxy) is 1. The summed E-state index contributed by atoms with van der Waals surface area (Å²) in [6.07, 6.45) is 3.36. The summed E-state index contributed by atoms with van der Waals surface area (Å²) in [6.45, 7) is 10.4. The number of hydrogen-bond donors (Lipinski definition) is 0. The van der Waals surface area contributed by atoms with Crippen molar-refractivity contribution in [3.05, 3.63) is 53.1 Å². The van der Waals surface area contributed by atoms with E-state index in [1.807, 2.05) is 42.5 Å². The summed E-state index contributed by atoms with van der Waals surface area (Å²) in [5, 5.41) is 1.36. The Morgan fingerprint density at radius 3 is 2.47 bits per heavy atom. The summed E-state index contributed by atoms with van der Waals surface area (Å²) in [4.78, 5) is 22.3. The lowest BCUT2D eigenvalue weighted by Gasteiger charge is -2.24. The molecule has 0 radical (unpaired) electrons. The minimum Gasteiger partial charge on any atom is -0.494 e. The lowest BCUT2D eigenvalue weighted by Crippen LogP contribution is -2.38. The minimum absolute atomic E-state index is 0.0557. The van der Waals surface area contributed by atoms with Crippen molar-refractivity contribution in [3.63, 3.8) is 0 Å². The molecule has 0 unspecified atom stereocenters. The van der Waals surface area contributed by atoms with E-state index < -0.39 is 0 Å². The Balaban J connectivity index is 1.80. The van der Waals surface area contributed by atoms with Crippen LogP contribution in [-0.2, 0) is 0 Å². The third-order valence-electron chi connectivity index (χ3n) is 5.47. The Morgan fingerprint density at radius 2 is 1.78 bits per heavy atom. The third-order valence-corrected chi connectivity index (χ3v) is 6.74. The molecule has 0 aliphatic carbocycles. The molecule has 1 heterocycles. The van der Waals surface area contributed by atoms with E-state index in [0.29, 0.717) is 28.9 Å². The number of hydrogen-bond acceptors (Lipinski definition) is 5. The predicted molar refractivity (Wildman–Crippen MR) is 136 cm³/mol. The highest BCUT2D eigenvalue weighted by Crippen LogP contribution is 2.31. The number of aromatic nitrogens is 1. The Labute approximate surface area is 200 Å². The second kappa shape index (κ2) is 12.2. The van der Waals surface area contributed by atoms with Gasteiger partial charge in [-0.1, -0.05) is 56.6 Å². The molecular formula is C25H32ClN3O2S. The van der Waals surface area contributed by atoms with Crippen molar-refractivity contribution in [2.45, 2.75) is 40.0 Å². The van der Waals surface area contributed by atoms with Crippen LogP contribution in [0.4, 0.5) is 5.13 Å². The quantitative estimate of drug-likeness (QED) is 0.281. The van der Waals surface area contributed by atoms with Crippen molar-refractivity contribution in [3.8, 4) is 5.75 Å². The molecule has 0 spiro atoms. The number of anilines is 1. The maximum absolute atomic E-state index is 13.5. The van der Waals surface area contributed by atoms with Gasteiger partial charge in [-0.2, -0.15) is 0 Å². The molecule has 0 fully saturated rings. The normalized spacial score (nSPS) is 11.3. The third kappa shape index (κ3) is 6.44. The number of likely N-dealkylation sites (N-methyl/N-ethyl adjacent to an activating group) is 1. The minimum atomic E-state index is -0.0557. The van der Waals surface area contributed by atoms with Crippen molar-refractivity contribution in [2.24, 2.45) is 0 Å². The van der Waals surface area contributed by atoms with Gasteiger partial charge < -0.3 is 9.64 Å². The number of carbonyl (C=O) groups excluding carboxylic acids is 1. The Kier molecular flexibility index (Phi) is 9.33. The van der Waals surface area contributed by atoms with Gasteiger partial charge in [0.25, 0.3) is 5.91 Å². The molecule has 1 amide bonds. The first-order valence-corrected chi connectivity index (χ1v) is 12.6. The van der Waals surface area contributed by atoms with Gasteiger partial charge in [-0.05, 0) is 62.0 Å². The van der Waals surface area contributed by atoms with E-state index in [2.05, 4.69) is 25.7 Å². The van der Waals surface area contributed by atoms with E-state index in [9.17, 15) is 4.79 Å². The molecule has 3 aromatic rings. The lowest BCUT2D eigenvalue weighted by molar-refractivity contribution is 0.0983. The zero-order chi connectivity index (χ0) is 22.9. The number of thiazole rings is 1. The van der Waals surface area contributed by atoms with E-state index in [1.165, 1.54) is 11.3 Å². The highest BCUT2D eigenvalue weighted by atomic mass is 35.5. The smallest absolute Gasteiger partial charge is 0.260 e. The van der Waals surface area contributed by atoms with Crippen LogP contribution in [0.3, 0.4) is 0 Å². The van der Waals surface area contributed by atoms with E-state index in [0.717, 1.165) is 54.9 Å². The number of halogens is 1.